The van der Waals surface area contributed by atoms with E-state index < -0.39 is 0 Å². The Morgan fingerprint density at radius 1 is 1.17 bits per heavy atom. The van der Waals surface area contributed by atoms with E-state index in [-0.39, 0.29) is 11.0 Å². The van der Waals surface area contributed by atoms with Gasteiger partial charge in [-0.2, -0.15) is 0 Å². The number of methoxy groups -OCH3 is 2. The first-order valence-corrected chi connectivity index (χ1v) is 5.54. The molecule has 0 radical (unpaired) electrons. The molecule has 0 amide bonds. The van der Waals surface area contributed by atoms with Crippen LogP contribution in [0, 0.1) is 0 Å². The highest BCUT2D eigenvalue weighted by Crippen LogP contribution is 2.32. The first kappa shape index (κ1) is 12.4. The fourth-order valence-electron chi connectivity index (χ4n) is 1.51. The van der Waals surface area contributed by atoms with Crippen molar-refractivity contribution in [2.75, 3.05) is 20.0 Å². The van der Waals surface area contributed by atoms with Crippen LogP contribution in [0.1, 0.15) is 0 Å². The van der Waals surface area contributed by atoms with E-state index in [1.54, 1.807) is 32.5 Å². The number of rotatable bonds is 3. The molecule has 5 nitrogen and oxygen atoms in total. The maximum absolute atomic E-state index is 5.84. The molecule has 0 unspecified atom stereocenters. The lowest BCUT2D eigenvalue weighted by molar-refractivity contribution is 0.355. The molecule has 0 aliphatic heterocycles. The van der Waals surface area contributed by atoms with E-state index in [0.29, 0.717) is 17.2 Å². The van der Waals surface area contributed by atoms with E-state index in [2.05, 4.69) is 9.97 Å². The van der Waals surface area contributed by atoms with E-state index in [4.69, 9.17) is 26.8 Å². The number of anilines is 1. The third kappa shape index (κ3) is 2.31. The Morgan fingerprint density at radius 3 is 2.50 bits per heavy atom. The number of benzene rings is 1. The predicted octanol–water partition coefficient (Wildman–Crippen LogP) is 2.40. The second-order valence-corrected chi connectivity index (χ2v) is 3.86. The summed E-state index contributed by atoms with van der Waals surface area (Å²) in [5, 5.41) is 0.183. The lowest BCUT2D eigenvalue weighted by atomic mass is 10.1. The summed E-state index contributed by atoms with van der Waals surface area (Å²) in [6.07, 6.45) is 1.56. The Bertz CT molecular complexity index is 575. The number of hydrogen-bond donors (Lipinski definition) is 1. The van der Waals surface area contributed by atoms with Crippen molar-refractivity contribution in [2.45, 2.75) is 0 Å². The van der Waals surface area contributed by atoms with Crippen LogP contribution in [0.25, 0.3) is 11.3 Å². The van der Waals surface area contributed by atoms with E-state index >= 15 is 0 Å². The van der Waals surface area contributed by atoms with Crippen LogP contribution < -0.4 is 15.2 Å². The largest absolute Gasteiger partial charge is 0.493 e. The van der Waals surface area contributed by atoms with Crippen molar-refractivity contribution < 1.29 is 9.47 Å². The standard InChI is InChI=1S/C12H12ClN3O2/c1-17-9-4-3-7(5-10(9)18-2)8-6-15-12(14)11(13)16-8/h3-6H,1-2H3,(H2,14,15). The molecule has 0 saturated carbocycles. The maximum atomic E-state index is 5.84. The van der Waals surface area contributed by atoms with Crippen LogP contribution in [-0.2, 0) is 0 Å². The van der Waals surface area contributed by atoms with Crippen LogP contribution in [0.15, 0.2) is 24.4 Å². The number of halogens is 1. The van der Waals surface area contributed by atoms with Crippen molar-refractivity contribution in [3.8, 4) is 22.8 Å². The highest BCUT2D eigenvalue weighted by Gasteiger charge is 2.09. The molecule has 1 aromatic carbocycles. The minimum absolute atomic E-state index is 0.183. The molecule has 0 aliphatic rings. The third-order valence-corrected chi connectivity index (χ3v) is 2.71. The van der Waals surface area contributed by atoms with Crippen molar-refractivity contribution in [1.82, 2.24) is 9.97 Å². The Labute approximate surface area is 110 Å². The predicted molar refractivity (Wildman–Crippen MR) is 70.0 cm³/mol. The third-order valence-electron chi connectivity index (χ3n) is 2.44. The van der Waals surface area contributed by atoms with Gasteiger partial charge in [0.15, 0.2) is 22.5 Å². The van der Waals surface area contributed by atoms with Gasteiger partial charge in [0.25, 0.3) is 0 Å². The molecule has 0 bridgehead atoms. The zero-order chi connectivity index (χ0) is 13.1. The molecule has 1 aromatic heterocycles. The molecule has 0 aliphatic carbocycles. The van der Waals surface area contributed by atoms with Crippen LogP contribution in [0.3, 0.4) is 0 Å². The van der Waals surface area contributed by atoms with Crippen LogP contribution in [-0.4, -0.2) is 24.2 Å². The Morgan fingerprint density at radius 2 is 1.89 bits per heavy atom. The molecule has 0 atom stereocenters. The zero-order valence-corrected chi connectivity index (χ0v) is 10.7. The first-order chi connectivity index (χ1) is 8.65. The molecule has 18 heavy (non-hydrogen) atoms. The van der Waals surface area contributed by atoms with Crippen molar-refractivity contribution in [3.63, 3.8) is 0 Å². The van der Waals surface area contributed by atoms with Gasteiger partial charge in [-0.05, 0) is 18.2 Å². The van der Waals surface area contributed by atoms with Crippen molar-refractivity contribution in [2.24, 2.45) is 0 Å². The highest BCUT2D eigenvalue weighted by atomic mass is 35.5. The molecule has 0 spiro atoms. The molecule has 6 heteroatoms. The Hall–Kier alpha value is -2.01. The van der Waals surface area contributed by atoms with Gasteiger partial charge in [-0.1, -0.05) is 11.6 Å². The summed E-state index contributed by atoms with van der Waals surface area (Å²) < 4.78 is 10.4. The van der Waals surface area contributed by atoms with Gasteiger partial charge in [-0.3, -0.25) is 0 Å². The number of nitrogens with two attached hydrogens (primary N) is 1. The molecule has 0 fully saturated rings. The highest BCUT2D eigenvalue weighted by molar-refractivity contribution is 6.31. The molecule has 2 N–H and O–H groups in total. The van der Waals surface area contributed by atoms with Gasteiger partial charge >= 0.3 is 0 Å². The molecule has 1 heterocycles. The number of nitrogen functional groups attached to an aromatic ring is 1. The van der Waals surface area contributed by atoms with Crippen LogP contribution in [0.5, 0.6) is 11.5 Å². The SMILES string of the molecule is COc1ccc(-c2cnc(N)c(Cl)n2)cc1OC. The number of nitrogens with zero attached hydrogens (tertiary/aromatic N) is 2. The van der Waals surface area contributed by atoms with E-state index in [9.17, 15) is 0 Å². The van der Waals surface area contributed by atoms with Gasteiger partial charge in [0.1, 0.15) is 0 Å². The Kier molecular flexibility index (Phi) is 3.53. The number of aromatic nitrogens is 2. The number of ether oxygens (including phenoxy) is 2. The van der Waals surface area contributed by atoms with Crippen LogP contribution in [0.4, 0.5) is 5.82 Å². The number of hydrogen-bond acceptors (Lipinski definition) is 5. The van der Waals surface area contributed by atoms with Gasteiger partial charge in [0.05, 0.1) is 26.1 Å². The van der Waals surface area contributed by atoms with Gasteiger partial charge in [0, 0.05) is 5.56 Å². The fourth-order valence-corrected chi connectivity index (χ4v) is 1.65. The summed E-state index contributed by atoms with van der Waals surface area (Å²) >= 11 is 5.84. The summed E-state index contributed by atoms with van der Waals surface area (Å²) in [5.74, 6) is 1.47. The fraction of sp³-hybridized carbons (Fsp3) is 0.167. The summed E-state index contributed by atoms with van der Waals surface area (Å²) in [5.41, 5.74) is 6.96. The van der Waals surface area contributed by atoms with Gasteiger partial charge in [0.2, 0.25) is 0 Å². The van der Waals surface area contributed by atoms with Gasteiger partial charge < -0.3 is 15.2 Å². The zero-order valence-electron chi connectivity index (χ0n) is 9.98. The minimum atomic E-state index is 0.183. The second kappa shape index (κ2) is 5.10. The average Bonchev–Trinajstić information content (AvgIpc) is 2.41. The summed E-state index contributed by atoms with van der Waals surface area (Å²) in [4.78, 5) is 8.12. The average molecular weight is 266 g/mol. The summed E-state index contributed by atoms with van der Waals surface area (Å²) in [7, 11) is 3.15. The van der Waals surface area contributed by atoms with Crippen molar-refractivity contribution in [3.05, 3.63) is 29.5 Å². The maximum Gasteiger partial charge on any atom is 0.171 e. The van der Waals surface area contributed by atoms with E-state index in [1.165, 1.54) is 0 Å². The molecule has 2 rings (SSSR count). The van der Waals surface area contributed by atoms with Crippen molar-refractivity contribution in [1.29, 1.82) is 0 Å². The smallest absolute Gasteiger partial charge is 0.171 e. The second-order valence-electron chi connectivity index (χ2n) is 3.50. The first-order valence-electron chi connectivity index (χ1n) is 5.16. The summed E-state index contributed by atoms with van der Waals surface area (Å²) in [6.45, 7) is 0. The summed E-state index contributed by atoms with van der Waals surface area (Å²) in [6, 6.07) is 5.44. The molecular formula is C12H12ClN3O2. The minimum Gasteiger partial charge on any atom is -0.493 e. The normalized spacial score (nSPS) is 10.2. The van der Waals surface area contributed by atoms with E-state index in [0.717, 1.165) is 5.56 Å². The topological polar surface area (TPSA) is 70.3 Å². The quantitative estimate of drug-likeness (QED) is 0.923. The lowest BCUT2D eigenvalue weighted by Gasteiger charge is -2.09. The van der Waals surface area contributed by atoms with E-state index in [1.807, 2.05) is 6.07 Å². The molecule has 0 saturated heterocycles. The van der Waals surface area contributed by atoms with Gasteiger partial charge in [-0.25, -0.2) is 9.97 Å². The molecular weight excluding hydrogens is 254 g/mol. The Balaban J connectivity index is 2.47. The molecule has 94 valence electrons. The van der Waals surface area contributed by atoms with Crippen molar-refractivity contribution >= 4 is 17.4 Å². The van der Waals surface area contributed by atoms with Gasteiger partial charge in [-0.15, -0.1) is 0 Å². The van der Waals surface area contributed by atoms with Crippen LogP contribution in [0.2, 0.25) is 5.15 Å². The monoisotopic (exact) mass is 265 g/mol. The lowest BCUT2D eigenvalue weighted by Crippen LogP contribution is -1.96. The molecule has 2 aromatic rings. The van der Waals surface area contributed by atoms with Crippen LogP contribution >= 0.6 is 11.6 Å².